The number of aldehydes is 1. The van der Waals surface area contributed by atoms with E-state index in [-0.39, 0.29) is 12.0 Å². The van der Waals surface area contributed by atoms with E-state index in [4.69, 9.17) is 0 Å². The molecule has 9 heteroatoms. The van der Waals surface area contributed by atoms with Crippen LogP contribution in [-0.4, -0.2) is 26.7 Å². The Balaban J connectivity index is 2.98. The van der Waals surface area contributed by atoms with E-state index in [9.17, 15) is 23.3 Å². The fraction of sp³-hybridized carbons (Fsp3) is 0.100. The van der Waals surface area contributed by atoms with Gasteiger partial charge in [0.15, 0.2) is 12.0 Å². The number of rotatable bonds is 6. The molecule has 0 unspecified atom stereocenters. The van der Waals surface area contributed by atoms with E-state index < -0.39 is 21.1 Å². The molecule has 1 aromatic carbocycles. The van der Waals surface area contributed by atoms with Gasteiger partial charge in [0.1, 0.15) is 0 Å². The molecule has 0 amide bonds. The largest absolute Gasteiger partial charge is 0.448 e. The molecule has 0 saturated carbocycles. The highest BCUT2D eigenvalue weighted by Crippen LogP contribution is 2.15. The van der Waals surface area contributed by atoms with Gasteiger partial charge >= 0.3 is 10.4 Å². The zero-order chi connectivity index (χ0) is 14.5. The Hall–Kier alpha value is -2.26. The van der Waals surface area contributed by atoms with Crippen molar-refractivity contribution < 1.29 is 26.5 Å². The van der Waals surface area contributed by atoms with Gasteiger partial charge < -0.3 is 4.18 Å². The number of carbonyl (C=O) groups is 1. The van der Waals surface area contributed by atoms with Crippen molar-refractivity contribution >= 4 is 28.4 Å². The third kappa shape index (κ3) is 4.48. The minimum Gasteiger partial charge on any atom is -0.358 e. The molecule has 0 aliphatic carbocycles. The molecule has 0 spiro atoms. The lowest BCUT2D eigenvalue weighted by Gasteiger charge is -2.03. The van der Waals surface area contributed by atoms with Crippen LogP contribution in [0.3, 0.4) is 0 Å². The van der Waals surface area contributed by atoms with Gasteiger partial charge in [-0.3, -0.25) is 14.9 Å². The number of non-ortho nitro benzene ring substituents is 1. The normalized spacial score (nSPS) is 11.9. The second kappa shape index (κ2) is 6.07. The molecule has 1 aromatic rings. The van der Waals surface area contributed by atoms with E-state index >= 15 is 0 Å². The third-order valence-electron chi connectivity index (χ3n) is 1.93. The van der Waals surface area contributed by atoms with Crippen molar-refractivity contribution in [3.63, 3.8) is 0 Å². The van der Waals surface area contributed by atoms with Crippen molar-refractivity contribution in [3.8, 4) is 0 Å². The van der Waals surface area contributed by atoms with E-state index in [2.05, 4.69) is 8.37 Å². The van der Waals surface area contributed by atoms with E-state index in [0.717, 1.165) is 13.2 Å². The van der Waals surface area contributed by atoms with Crippen LogP contribution in [0.15, 0.2) is 30.0 Å². The van der Waals surface area contributed by atoms with E-state index in [0.29, 0.717) is 5.56 Å². The first-order valence-electron chi connectivity index (χ1n) is 4.79. The Morgan fingerprint density at radius 3 is 2.32 bits per heavy atom. The highest BCUT2D eigenvalue weighted by Gasteiger charge is 2.13. The lowest BCUT2D eigenvalue weighted by Crippen LogP contribution is -2.07. The summed E-state index contributed by atoms with van der Waals surface area (Å²) in [6, 6.07) is 5.09. The predicted octanol–water partition coefficient (Wildman–Crippen LogP) is 1.04. The minimum absolute atomic E-state index is 0.129. The molecule has 0 N–H and O–H groups in total. The van der Waals surface area contributed by atoms with Crippen LogP contribution >= 0.6 is 0 Å². The number of nitrogens with zero attached hydrogens (tertiary/aromatic N) is 1. The van der Waals surface area contributed by atoms with Crippen LogP contribution in [0, 0.1) is 10.1 Å². The van der Waals surface area contributed by atoms with Crippen LogP contribution in [0.1, 0.15) is 5.56 Å². The van der Waals surface area contributed by atoms with Gasteiger partial charge in [0, 0.05) is 12.1 Å². The highest BCUT2D eigenvalue weighted by atomic mass is 32.3. The topological polar surface area (TPSA) is 113 Å². The van der Waals surface area contributed by atoms with Crippen molar-refractivity contribution in [2.45, 2.75) is 0 Å². The number of benzene rings is 1. The molecule has 0 radical (unpaired) electrons. The predicted molar refractivity (Wildman–Crippen MR) is 64.2 cm³/mol. The van der Waals surface area contributed by atoms with Crippen LogP contribution in [0.4, 0.5) is 5.69 Å². The van der Waals surface area contributed by atoms with Crippen LogP contribution < -0.4 is 0 Å². The Labute approximate surface area is 108 Å². The molecular formula is C10H9NO7S. The minimum atomic E-state index is -4.28. The molecule has 0 bridgehead atoms. The van der Waals surface area contributed by atoms with Gasteiger partial charge in [0.2, 0.25) is 0 Å². The van der Waals surface area contributed by atoms with Gasteiger partial charge in [-0.15, -0.1) is 0 Å². The molecule has 19 heavy (non-hydrogen) atoms. The fourth-order valence-corrected chi connectivity index (χ4v) is 1.48. The van der Waals surface area contributed by atoms with E-state index in [1.807, 2.05) is 0 Å². The zero-order valence-electron chi connectivity index (χ0n) is 9.68. The maximum Gasteiger partial charge on any atom is 0.448 e. The molecule has 102 valence electrons. The number of hydrogen-bond acceptors (Lipinski definition) is 7. The summed E-state index contributed by atoms with van der Waals surface area (Å²) in [6.07, 6.45) is 1.28. The van der Waals surface area contributed by atoms with Crippen LogP contribution in [0.5, 0.6) is 0 Å². The van der Waals surface area contributed by atoms with Crippen molar-refractivity contribution in [2.24, 2.45) is 0 Å². The zero-order valence-corrected chi connectivity index (χ0v) is 10.5. The molecule has 0 aliphatic heterocycles. The average Bonchev–Trinajstić information content (AvgIpc) is 2.38. The number of hydrogen-bond donors (Lipinski definition) is 0. The molecule has 0 atom stereocenters. The molecule has 1 rings (SSSR count). The van der Waals surface area contributed by atoms with Gasteiger partial charge in [-0.2, -0.15) is 8.42 Å². The van der Waals surface area contributed by atoms with Crippen molar-refractivity contribution in [2.75, 3.05) is 7.11 Å². The Morgan fingerprint density at radius 2 is 1.89 bits per heavy atom. The summed E-state index contributed by atoms with van der Waals surface area (Å²) in [6.45, 7) is 0. The summed E-state index contributed by atoms with van der Waals surface area (Å²) in [4.78, 5) is 20.5. The second-order valence-corrected chi connectivity index (χ2v) is 4.49. The fourth-order valence-electron chi connectivity index (χ4n) is 1.09. The van der Waals surface area contributed by atoms with Gasteiger partial charge in [0.05, 0.1) is 12.0 Å². The maximum atomic E-state index is 11.0. The maximum absolute atomic E-state index is 11.0. The number of nitro benzene ring substituents is 1. The molecular weight excluding hydrogens is 278 g/mol. The summed E-state index contributed by atoms with van der Waals surface area (Å²) in [5, 5.41) is 10.4. The first kappa shape index (κ1) is 14.8. The van der Waals surface area contributed by atoms with E-state index in [1.54, 1.807) is 0 Å². The summed E-state index contributed by atoms with van der Waals surface area (Å²) in [5.74, 6) is -0.504. The van der Waals surface area contributed by atoms with Crippen molar-refractivity contribution in [1.29, 1.82) is 0 Å². The summed E-state index contributed by atoms with van der Waals surface area (Å²) in [7, 11) is -3.40. The van der Waals surface area contributed by atoms with Crippen LogP contribution in [0.25, 0.3) is 6.08 Å². The third-order valence-corrected chi connectivity index (χ3v) is 2.74. The average molecular weight is 287 g/mol. The standard InChI is InChI=1S/C10H9NO7S/c1-17-19(15,16)18-10(7-12)6-8-2-4-9(5-3-8)11(13)14/h2-7H,1H3/b10-6-. The number of allylic oxidation sites excluding steroid dienone is 1. The summed E-state index contributed by atoms with van der Waals surface area (Å²) >= 11 is 0. The van der Waals surface area contributed by atoms with Crippen LogP contribution in [-0.2, 0) is 23.6 Å². The van der Waals surface area contributed by atoms with Gasteiger partial charge in [-0.25, -0.2) is 4.18 Å². The van der Waals surface area contributed by atoms with Crippen LogP contribution in [0.2, 0.25) is 0 Å². The Kier molecular flexibility index (Phi) is 4.73. The Morgan fingerprint density at radius 1 is 1.32 bits per heavy atom. The van der Waals surface area contributed by atoms with E-state index in [1.165, 1.54) is 24.3 Å². The number of carbonyl (C=O) groups excluding carboxylic acids is 1. The van der Waals surface area contributed by atoms with Gasteiger partial charge in [0.25, 0.3) is 5.69 Å². The first-order chi connectivity index (χ1) is 8.88. The Bertz CT molecular complexity index is 603. The number of nitro groups is 1. The second-order valence-electron chi connectivity index (χ2n) is 3.17. The quantitative estimate of drug-likeness (QED) is 0.252. The molecule has 0 saturated heterocycles. The van der Waals surface area contributed by atoms with Crippen molar-refractivity contribution in [3.05, 3.63) is 45.7 Å². The monoisotopic (exact) mass is 287 g/mol. The van der Waals surface area contributed by atoms with Crippen molar-refractivity contribution in [1.82, 2.24) is 0 Å². The summed E-state index contributed by atoms with van der Waals surface area (Å²) in [5.41, 5.74) is 0.231. The lowest BCUT2D eigenvalue weighted by molar-refractivity contribution is -0.384. The highest BCUT2D eigenvalue weighted by molar-refractivity contribution is 7.82. The van der Waals surface area contributed by atoms with Gasteiger partial charge in [-0.1, -0.05) is 0 Å². The molecule has 0 aromatic heterocycles. The molecule has 0 aliphatic rings. The SMILES string of the molecule is COS(=O)(=O)O/C(C=O)=C\c1ccc([N+](=O)[O-])cc1. The lowest BCUT2D eigenvalue weighted by atomic mass is 10.2. The smallest absolute Gasteiger partial charge is 0.358 e. The molecule has 0 heterocycles. The van der Waals surface area contributed by atoms with Gasteiger partial charge in [-0.05, 0) is 23.8 Å². The summed E-state index contributed by atoms with van der Waals surface area (Å²) < 4.78 is 30.3. The molecule has 8 nitrogen and oxygen atoms in total. The molecule has 0 fully saturated rings. The first-order valence-corrected chi connectivity index (χ1v) is 6.12.